The molecule has 108 valence electrons. The number of rotatable bonds is 5. The Morgan fingerprint density at radius 1 is 0.905 bits per heavy atom. The van der Waals surface area contributed by atoms with Gasteiger partial charge in [-0.3, -0.25) is 4.79 Å². The molecule has 5 heteroatoms. The quantitative estimate of drug-likeness (QED) is 0.628. The van der Waals surface area contributed by atoms with Gasteiger partial charge >= 0.3 is 5.97 Å². The zero-order valence-corrected chi connectivity index (χ0v) is 11.0. The highest BCUT2D eigenvalue weighted by Gasteiger charge is 2.20. The number of halogens is 2. The first kappa shape index (κ1) is 14.8. The second kappa shape index (κ2) is 6.74. The zero-order valence-electron chi connectivity index (χ0n) is 11.0. The van der Waals surface area contributed by atoms with E-state index in [4.69, 9.17) is 4.74 Å². The third-order valence-corrected chi connectivity index (χ3v) is 2.84. The Kier molecular flexibility index (Phi) is 4.77. The van der Waals surface area contributed by atoms with E-state index in [0.29, 0.717) is 0 Å². The first-order valence-electron chi connectivity index (χ1n) is 6.24. The average molecular weight is 290 g/mol. The summed E-state index contributed by atoms with van der Waals surface area (Å²) in [5.74, 6) is -3.82. The minimum Gasteiger partial charge on any atom is -0.455 e. The van der Waals surface area contributed by atoms with Crippen molar-refractivity contribution in [3.8, 4) is 0 Å². The van der Waals surface area contributed by atoms with E-state index in [1.165, 1.54) is 6.07 Å². The van der Waals surface area contributed by atoms with Gasteiger partial charge in [-0.1, -0.05) is 36.4 Å². The van der Waals surface area contributed by atoms with E-state index in [9.17, 15) is 18.4 Å². The van der Waals surface area contributed by atoms with Crippen molar-refractivity contribution in [2.75, 3.05) is 0 Å². The lowest BCUT2D eigenvalue weighted by Gasteiger charge is -2.05. The standard InChI is InChI=1S/C16H12F2O3/c17-13-7-4-8-14(18)12(13)9-15(19)16(20)21-10-11-5-2-1-3-6-11/h1-8H,9-10H2. The summed E-state index contributed by atoms with van der Waals surface area (Å²) in [7, 11) is 0. The lowest BCUT2D eigenvalue weighted by Crippen LogP contribution is -2.20. The van der Waals surface area contributed by atoms with Crippen molar-refractivity contribution in [3.63, 3.8) is 0 Å². The van der Waals surface area contributed by atoms with Crippen LogP contribution in [-0.2, 0) is 27.4 Å². The molecule has 3 nitrogen and oxygen atoms in total. The summed E-state index contributed by atoms with van der Waals surface area (Å²) in [6, 6.07) is 12.0. The van der Waals surface area contributed by atoms with Gasteiger partial charge in [0.25, 0.3) is 0 Å². The van der Waals surface area contributed by atoms with E-state index in [1.807, 2.05) is 0 Å². The van der Waals surface area contributed by atoms with Crippen LogP contribution >= 0.6 is 0 Å². The van der Waals surface area contributed by atoms with Gasteiger partial charge in [-0.15, -0.1) is 0 Å². The lowest BCUT2D eigenvalue weighted by atomic mass is 10.1. The minimum atomic E-state index is -1.11. The van der Waals surface area contributed by atoms with Gasteiger partial charge in [-0.2, -0.15) is 0 Å². The molecule has 2 rings (SSSR count). The van der Waals surface area contributed by atoms with E-state index in [2.05, 4.69) is 0 Å². The molecule has 0 aliphatic heterocycles. The summed E-state index contributed by atoms with van der Waals surface area (Å²) in [5.41, 5.74) is 0.287. The second-order valence-electron chi connectivity index (χ2n) is 4.36. The topological polar surface area (TPSA) is 43.4 Å². The first-order valence-corrected chi connectivity index (χ1v) is 6.24. The van der Waals surface area contributed by atoms with Crippen LogP contribution in [0.2, 0.25) is 0 Å². The average Bonchev–Trinajstić information content (AvgIpc) is 2.49. The number of carbonyl (C=O) groups excluding carboxylic acids is 2. The molecule has 0 bridgehead atoms. The highest BCUT2D eigenvalue weighted by Crippen LogP contribution is 2.13. The number of benzene rings is 2. The number of ether oxygens (including phenoxy) is 1. The SMILES string of the molecule is O=C(Cc1c(F)cccc1F)C(=O)OCc1ccccc1. The summed E-state index contributed by atoms with van der Waals surface area (Å²) in [6.07, 6.45) is -0.661. The number of hydrogen-bond donors (Lipinski definition) is 0. The Hall–Kier alpha value is -2.56. The van der Waals surface area contributed by atoms with E-state index in [0.717, 1.165) is 17.7 Å². The van der Waals surface area contributed by atoms with Gasteiger partial charge in [0.15, 0.2) is 0 Å². The molecule has 0 aliphatic carbocycles. The number of esters is 1. The summed E-state index contributed by atoms with van der Waals surface area (Å²) in [5, 5.41) is 0. The predicted octanol–water partition coefficient (Wildman–Crippen LogP) is 2.82. The summed E-state index contributed by atoms with van der Waals surface area (Å²) in [4.78, 5) is 23.2. The van der Waals surface area contributed by atoms with Crippen molar-refractivity contribution in [2.45, 2.75) is 13.0 Å². The molecule has 0 heterocycles. The zero-order chi connectivity index (χ0) is 15.2. The normalized spacial score (nSPS) is 10.2. The van der Waals surface area contributed by atoms with E-state index >= 15 is 0 Å². The van der Waals surface area contributed by atoms with Crippen molar-refractivity contribution < 1.29 is 23.1 Å². The smallest absolute Gasteiger partial charge is 0.375 e. The van der Waals surface area contributed by atoms with Crippen LogP contribution in [0, 0.1) is 11.6 Å². The van der Waals surface area contributed by atoms with Crippen molar-refractivity contribution in [1.29, 1.82) is 0 Å². The molecule has 0 spiro atoms. The number of carbonyl (C=O) groups is 2. The number of Topliss-reactive ketones (excluding diaryl/α,β-unsaturated/α-hetero) is 1. The van der Waals surface area contributed by atoms with Gasteiger partial charge in [-0.05, 0) is 17.7 Å². The molecule has 2 aromatic carbocycles. The highest BCUT2D eigenvalue weighted by molar-refractivity contribution is 6.34. The molecule has 0 radical (unpaired) electrons. The molecule has 0 unspecified atom stereocenters. The molecule has 21 heavy (non-hydrogen) atoms. The maximum atomic E-state index is 13.4. The van der Waals surface area contributed by atoms with Gasteiger partial charge in [-0.25, -0.2) is 13.6 Å². The molecular weight excluding hydrogens is 278 g/mol. The monoisotopic (exact) mass is 290 g/mol. The van der Waals surface area contributed by atoms with Crippen molar-refractivity contribution in [1.82, 2.24) is 0 Å². The fourth-order valence-electron chi connectivity index (χ4n) is 1.74. The first-order chi connectivity index (χ1) is 10.1. The van der Waals surface area contributed by atoms with Gasteiger partial charge in [0.1, 0.15) is 18.2 Å². The maximum absolute atomic E-state index is 13.4. The molecule has 0 N–H and O–H groups in total. The molecule has 0 aliphatic rings. The van der Waals surface area contributed by atoms with E-state index < -0.39 is 35.4 Å². The summed E-state index contributed by atoms with van der Waals surface area (Å²) >= 11 is 0. The molecule has 0 saturated carbocycles. The van der Waals surface area contributed by atoms with Crippen LogP contribution in [0.1, 0.15) is 11.1 Å². The van der Waals surface area contributed by atoms with E-state index in [-0.39, 0.29) is 6.61 Å². The largest absolute Gasteiger partial charge is 0.455 e. The highest BCUT2D eigenvalue weighted by atomic mass is 19.1. The van der Waals surface area contributed by atoms with Gasteiger partial charge < -0.3 is 4.74 Å². The van der Waals surface area contributed by atoms with Gasteiger partial charge in [0, 0.05) is 12.0 Å². The molecule has 0 amide bonds. The minimum absolute atomic E-state index is 0.0643. The van der Waals surface area contributed by atoms with Crippen LogP contribution in [0.3, 0.4) is 0 Å². The molecular formula is C16H12F2O3. The van der Waals surface area contributed by atoms with Gasteiger partial charge in [0.05, 0.1) is 0 Å². The maximum Gasteiger partial charge on any atom is 0.375 e. The van der Waals surface area contributed by atoms with Crippen LogP contribution in [-0.4, -0.2) is 11.8 Å². The van der Waals surface area contributed by atoms with E-state index in [1.54, 1.807) is 30.3 Å². The van der Waals surface area contributed by atoms with Gasteiger partial charge in [0.2, 0.25) is 5.78 Å². The third-order valence-electron chi connectivity index (χ3n) is 2.84. The molecule has 0 atom stereocenters. The molecule has 0 fully saturated rings. The Morgan fingerprint density at radius 3 is 2.14 bits per heavy atom. The van der Waals surface area contributed by atoms with Crippen LogP contribution in [0.5, 0.6) is 0 Å². The van der Waals surface area contributed by atoms with Crippen LogP contribution in [0.25, 0.3) is 0 Å². The number of ketones is 1. The summed E-state index contributed by atoms with van der Waals surface area (Å²) < 4.78 is 31.6. The Balaban J connectivity index is 1.96. The van der Waals surface area contributed by atoms with Crippen LogP contribution < -0.4 is 0 Å². The van der Waals surface area contributed by atoms with Crippen LogP contribution in [0.15, 0.2) is 48.5 Å². The number of hydrogen-bond acceptors (Lipinski definition) is 3. The predicted molar refractivity (Wildman–Crippen MR) is 71.3 cm³/mol. The van der Waals surface area contributed by atoms with Crippen molar-refractivity contribution in [3.05, 3.63) is 71.3 Å². The van der Waals surface area contributed by atoms with Crippen molar-refractivity contribution >= 4 is 11.8 Å². The molecule has 0 aromatic heterocycles. The Bertz CT molecular complexity index is 634. The third kappa shape index (κ3) is 3.95. The fraction of sp³-hybridized carbons (Fsp3) is 0.125. The Labute approximate surface area is 120 Å². The molecule has 0 saturated heterocycles. The second-order valence-corrected chi connectivity index (χ2v) is 4.36. The van der Waals surface area contributed by atoms with Crippen LogP contribution in [0.4, 0.5) is 8.78 Å². The fourth-order valence-corrected chi connectivity index (χ4v) is 1.74. The lowest BCUT2D eigenvalue weighted by molar-refractivity contribution is -0.154. The van der Waals surface area contributed by atoms with Crippen molar-refractivity contribution in [2.24, 2.45) is 0 Å². The Morgan fingerprint density at radius 2 is 1.52 bits per heavy atom. The molecule has 2 aromatic rings. The summed E-state index contributed by atoms with van der Waals surface area (Å²) in [6.45, 7) is -0.0643.